The second-order valence-corrected chi connectivity index (χ2v) is 5.42. The van der Waals surface area contributed by atoms with Crippen molar-refractivity contribution < 1.29 is 9.21 Å². The zero-order valence-corrected chi connectivity index (χ0v) is 12.8. The van der Waals surface area contributed by atoms with Gasteiger partial charge >= 0.3 is 0 Å². The van der Waals surface area contributed by atoms with E-state index >= 15 is 0 Å². The zero-order chi connectivity index (χ0) is 15.0. The summed E-state index contributed by atoms with van der Waals surface area (Å²) in [5, 5.41) is 0. The molecule has 112 valence electrons. The molecular formula is C16H21N3O2. The lowest BCUT2D eigenvalue weighted by atomic mass is 10.1. The average Bonchev–Trinajstić information content (AvgIpc) is 3.11. The molecule has 3 rings (SSSR count). The Bertz CT molecular complexity index is 656. The Morgan fingerprint density at radius 3 is 2.90 bits per heavy atom. The van der Waals surface area contributed by atoms with Crippen LogP contribution in [0.5, 0.6) is 0 Å². The Labute approximate surface area is 124 Å². The topological polar surface area (TPSA) is 51.3 Å². The molecule has 5 heteroatoms. The average molecular weight is 287 g/mol. The van der Waals surface area contributed by atoms with E-state index in [1.54, 1.807) is 0 Å². The molecule has 0 saturated carbocycles. The monoisotopic (exact) mass is 287 g/mol. The Morgan fingerprint density at radius 1 is 1.43 bits per heavy atom. The third-order valence-corrected chi connectivity index (χ3v) is 4.15. The van der Waals surface area contributed by atoms with Crippen LogP contribution >= 0.6 is 0 Å². The molecular weight excluding hydrogens is 266 g/mol. The van der Waals surface area contributed by atoms with Gasteiger partial charge in [0.1, 0.15) is 0 Å². The molecule has 1 amide bonds. The van der Waals surface area contributed by atoms with Crippen molar-refractivity contribution in [3.8, 4) is 0 Å². The Hall–Kier alpha value is -2.04. The lowest BCUT2D eigenvalue weighted by Gasteiger charge is -2.36. The first-order valence-electron chi connectivity index (χ1n) is 7.58. The molecule has 1 unspecified atom stereocenters. The molecule has 0 spiro atoms. The first kappa shape index (κ1) is 13.9. The van der Waals surface area contributed by atoms with Gasteiger partial charge in [0, 0.05) is 31.4 Å². The van der Waals surface area contributed by atoms with Gasteiger partial charge in [0.2, 0.25) is 5.76 Å². The van der Waals surface area contributed by atoms with Crippen molar-refractivity contribution in [2.24, 2.45) is 0 Å². The van der Waals surface area contributed by atoms with Crippen molar-refractivity contribution in [3.05, 3.63) is 41.4 Å². The third-order valence-electron chi connectivity index (χ3n) is 4.15. The fourth-order valence-corrected chi connectivity index (χ4v) is 3.07. The number of rotatable bonds is 3. The van der Waals surface area contributed by atoms with Crippen LogP contribution in [0.4, 0.5) is 0 Å². The van der Waals surface area contributed by atoms with E-state index in [9.17, 15) is 4.79 Å². The van der Waals surface area contributed by atoms with Crippen molar-refractivity contribution in [2.75, 3.05) is 6.54 Å². The Balaban J connectivity index is 1.92. The summed E-state index contributed by atoms with van der Waals surface area (Å²) >= 11 is 0. The van der Waals surface area contributed by atoms with E-state index in [-0.39, 0.29) is 11.9 Å². The smallest absolute Gasteiger partial charge is 0.292 e. The molecule has 21 heavy (non-hydrogen) atoms. The molecule has 1 aliphatic heterocycles. The maximum Gasteiger partial charge on any atom is 0.292 e. The summed E-state index contributed by atoms with van der Waals surface area (Å²) in [5.41, 5.74) is 1.89. The number of hydrogen-bond donors (Lipinski definition) is 0. The SMILES string of the molecule is CCc1nc(C)c(C(=O)N2CCn3cccc3C2CC)o1. The van der Waals surface area contributed by atoms with Crippen LogP contribution in [0.25, 0.3) is 0 Å². The number of hydrogen-bond acceptors (Lipinski definition) is 3. The molecule has 0 aromatic carbocycles. The summed E-state index contributed by atoms with van der Waals surface area (Å²) < 4.78 is 7.86. The first-order chi connectivity index (χ1) is 10.2. The molecule has 0 aliphatic carbocycles. The minimum Gasteiger partial charge on any atom is -0.435 e. The maximum atomic E-state index is 12.8. The number of amides is 1. The molecule has 1 atom stereocenters. The van der Waals surface area contributed by atoms with Crippen molar-refractivity contribution in [1.29, 1.82) is 0 Å². The summed E-state index contributed by atoms with van der Waals surface area (Å²) in [4.78, 5) is 19.1. The summed E-state index contributed by atoms with van der Waals surface area (Å²) in [5.74, 6) is 0.980. The number of aryl methyl sites for hydroxylation is 2. The van der Waals surface area contributed by atoms with Crippen molar-refractivity contribution in [3.63, 3.8) is 0 Å². The quantitative estimate of drug-likeness (QED) is 0.872. The Kier molecular flexibility index (Phi) is 3.57. The molecule has 0 bridgehead atoms. The van der Waals surface area contributed by atoms with E-state index in [4.69, 9.17) is 4.42 Å². The van der Waals surface area contributed by atoms with Crippen LogP contribution < -0.4 is 0 Å². The molecule has 0 N–H and O–H groups in total. The van der Waals surface area contributed by atoms with Crippen LogP contribution in [0.15, 0.2) is 22.7 Å². The van der Waals surface area contributed by atoms with Crippen LogP contribution in [0, 0.1) is 6.92 Å². The highest BCUT2D eigenvalue weighted by atomic mass is 16.4. The molecule has 0 saturated heterocycles. The highest BCUT2D eigenvalue weighted by Gasteiger charge is 2.32. The molecule has 1 aliphatic rings. The number of fused-ring (bicyclic) bond motifs is 1. The number of nitrogens with zero attached hydrogens (tertiary/aromatic N) is 3. The van der Waals surface area contributed by atoms with Crippen molar-refractivity contribution in [1.82, 2.24) is 14.5 Å². The highest BCUT2D eigenvalue weighted by molar-refractivity contribution is 5.92. The fraction of sp³-hybridized carbons (Fsp3) is 0.500. The van der Waals surface area contributed by atoms with Gasteiger partial charge in [0.15, 0.2) is 5.89 Å². The maximum absolute atomic E-state index is 12.8. The number of carbonyl (C=O) groups excluding carboxylic acids is 1. The van der Waals surface area contributed by atoms with Gasteiger partial charge in [-0.2, -0.15) is 0 Å². The van der Waals surface area contributed by atoms with Crippen LogP contribution in [0.2, 0.25) is 0 Å². The second kappa shape index (κ2) is 5.39. The summed E-state index contributed by atoms with van der Waals surface area (Å²) in [6.45, 7) is 7.46. The van der Waals surface area contributed by atoms with E-state index in [0.717, 1.165) is 13.0 Å². The van der Waals surface area contributed by atoms with Crippen molar-refractivity contribution in [2.45, 2.75) is 46.2 Å². The third kappa shape index (κ3) is 2.26. The summed E-state index contributed by atoms with van der Waals surface area (Å²) in [6.07, 6.45) is 3.67. The number of aromatic nitrogens is 2. The number of carbonyl (C=O) groups is 1. The van der Waals surface area contributed by atoms with E-state index in [1.165, 1.54) is 5.69 Å². The molecule has 2 aromatic rings. The largest absolute Gasteiger partial charge is 0.435 e. The minimum absolute atomic E-state index is 0.0426. The van der Waals surface area contributed by atoms with Crippen LogP contribution in [0.3, 0.4) is 0 Å². The molecule has 3 heterocycles. The van der Waals surface area contributed by atoms with Crippen LogP contribution in [0.1, 0.15) is 54.1 Å². The van der Waals surface area contributed by atoms with Crippen LogP contribution in [-0.4, -0.2) is 26.9 Å². The van der Waals surface area contributed by atoms with Gasteiger partial charge in [-0.15, -0.1) is 0 Å². The molecule has 5 nitrogen and oxygen atoms in total. The van der Waals surface area contributed by atoms with Gasteiger partial charge in [0.05, 0.1) is 11.7 Å². The van der Waals surface area contributed by atoms with Crippen LogP contribution in [-0.2, 0) is 13.0 Å². The zero-order valence-electron chi connectivity index (χ0n) is 12.8. The van der Waals surface area contributed by atoms with E-state index in [2.05, 4.69) is 28.7 Å². The van der Waals surface area contributed by atoms with E-state index < -0.39 is 0 Å². The summed E-state index contributed by atoms with van der Waals surface area (Å²) in [7, 11) is 0. The predicted octanol–water partition coefficient (Wildman–Crippen LogP) is 2.95. The molecule has 0 radical (unpaired) electrons. The number of oxazole rings is 1. The Morgan fingerprint density at radius 2 is 2.24 bits per heavy atom. The van der Waals surface area contributed by atoms with E-state index in [1.807, 2.05) is 24.8 Å². The van der Waals surface area contributed by atoms with Gasteiger partial charge < -0.3 is 13.9 Å². The van der Waals surface area contributed by atoms with Gasteiger partial charge in [-0.05, 0) is 25.5 Å². The van der Waals surface area contributed by atoms with Gasteiger partial charge in [0.25, 0.3) is 5.91 Å². The predicted molar refractivity (Wildman–Crippen MR) is 79.1 cm³/mol. The highest BCUT2D eigenvalue weighted by Crippen LogP contribution is 2.30. The second-order valence-electron chi connectivity index (χ2n) is 5.42. The van der Waals surface area contributed by atoms with Gasteiger partial charge in [-0.1, -0.05) is 13.8 Å². The molecule has 0 fully saturated rings. The standard InChI is InChI=1S/C16H21N3O2/c1-4-12-13-7-6-8-18(13)9-10-19(12)16(20)15-11(3)17-14(5-2)21-15/h6-8,12H,4-5,9-10H2,1-3H3. The van der Waals surface area contributed by atoms with Crippen molar-refractivity contribution >= 4 is 5.91 Å². The lowest BCUT2D eigenvalue weighted by Crippen LogP contribution is -2.41. The van der Waals surface area contributed by atoms with E-state index in [0.29, 0.717) is 30.3 Å². The normalized spacial score (nSPS) is 17.9. The fourth-order valence-electron chi connectivity index (χ4n) is 3.07. The molecule has 2 aromatic heterocycles. The summed E-state index contributed by atoms with van der Waals surface area (Å²) in [6, 6.07) is 4.25. The van der Waals surface area contributed by atoms with Gasteiger partial charge in [-0.3, -0.25) is 4.79 Å². The minimum atomic E-state index is -0.0426. The van der Waals surface area contributed by atoms with Gasteiger partial charge in [-0.25, -0.2) is 4.98 Å². The first-order valence-corrected chi connectivity index (χ1v) is 7.58. The lowest BCUT2D eigenvalue weighted by molar-refractivity contribution is 0.0582.